The number of benzene rings is 2. The number of ether oxygens (including phenoxy) is 1. The van der Waals surface area contributed by atoms with Crippen LogP contribution in [0.25, 0.3) is 10.8 Å². The second-order valence-corrected chi connectivity index (χ2v) is 4.86. The highest BCUT2D eigenvalue weighted by Gasteiger charge is 2.22. The summed E-state index contributed by atoms with van der Waals surface area (Å²) < 4.78 is 5.44. The fraction of sp³-hybridized carbons (Fsp3) is 0.267. The largest absolute Gasteiger partial charge is 0.463 e. The number of hydrogen-bond acceptors (Lipinski definition) is 4. The number of nitrogens with zero attached hydrogens (tertiary/aromatic N) is 1. The van der Waals surface area contributed by atoms with Crippen LogP contribution in [0.15, 0.2) is 41.4 Å². The van der Waals surface area contributed by atoms with Gasteiger partial charge < -0.3 is 10.1 Å². The Hall–Kier alpha value is -2.07. The van der Waals surface area contributed by atoms with Crippen LogP contribution in [0.2, 0.25) is 0 Å². The molecule has 96 valence electrons. The number of nitrogens with one attached hydrogen (secondary N) is 2. The van der Waals surface area contributed by atoms with E-state index in [9.17, 15) is 0 Å². The predicted molar refractivity (Wildman–Crippen MR) is 74.9 cm³/mol. The molecule has 1 atom stereocenters. The third-order valence-electron chi connectivity index (χ3n) is 3.68. The van der Waals surface area contributed by atoms with E-state index in [0.717, 1.165) is 13.1 Å². The molecular weight excluding hydrogens is 238 g/mol. The van der Waals surface area contributed by atoms with Gasteiger partial charge in [-0.25, -0.2) is 4.99 Å². The molecule has 4 rings (SSSR count). The lowest BCUT2D eigenvalue weighted by molar-refractivity contribution is 0.318. The zero-order valence-corrected chi connectivity index (χ0v) is 10.5. The van der Waals surface area contributed by atoms with Crippen molar-refractivity contribution in [3.8, 4) is 0 Å². The molecule has 0 bridgehead atoms. The Labute approximate surface area is 111 Å². The summed E-state index contributed by atoms with van der Waals surface area (Å²) >= 11 is 0. The molecule has 4 heteroatoms. The zero-order valence-electron chi connectivity index (χ0n) is 10.5. The fourth-order valence-electron chi connectivity index (χ4n) is 2.83. The predicted octanol–water partition coefficient (Wildman–Crippen LogP) is 1.92. The quantitative estimate of drug-likeness (QED) is 0.816. The second kappa shape index (κ2) is 4.24. The lowest BCUT2D eigenvalue weighted by Gasteiger charge is -2.28. The maximum Gasteiger partial charge on any atom is 0.286 e. The molecule has 0 aromatic heterocycles. The lowest BCUT2D eigenvalue weighted by Crippen LogP contribution is -2.40. The molecule has 2 aliphatic rings. The topological polar surface area (TPSA) is 45.7 Å². The van der Waals surface area contributed by atoms with Crippen LogP contribution in [-0.2, 0) is 11.3 Å². The molecule has 19 heavy (non-hydrogen) atoms. The Morgan fingerprint density at radius 1 is 1.21 bits per heavy atom. The van der Waals surface area contributed by atoms with Gasteiger partial charge in [-0.15, -0.1) is 0 Å². The summed E-state index contributed by atoms with van der Waals surface area (Å²) in [6.45, 7) is 2.28. The van der Waals surface area contributed by atoms with Gasteiger partial charge in [0.2, 0.25) is 0 Å². The Morgan fingerprint density at radius 2 is 2.11 bits per heavy atom. The van der Waals surface area contributed by atoms with Gasteiger partial charge in [-0.05, 0) is 21.9 Å². The van der Waals surface area contributed by atoms with E-state index < -0.39 is 0 Å². The molecule has 2 aromatic carbocycles. The summed E-state index contributed by atoms with van der Waals surface area (Å²) in [5.41, 5.74) is 2.61. The van der Waals surface area contributed by atoms with E-state index >= 15 is 0 Å². The van der Waals surface area contributed by atoms with Gasteiger partial charge in [-0.1, -0.05) is 36.4 Å². The standard InChI is InChI=1S/C15H15N3O/c1-3-10-4-2-6-12-13(10)11(5-1)9-17-14(12)18-15-16-7-8-19-15/h1-6,14,17H,7-9H2,(H,16,18). The molecule has 1 unspecified atom stereocenters. The number of aliphatic imine (C=N–C) groups is 1. The van der Waals surface area contributed by atoms with Crippen molar-refractivity contribution in [2.24, 2.45) is 4.99 Å². The highest BCUT2D eigenvalue weighted by Crippen LogP contribution is 2.30. The van der Waals surface area contributed by atoms with Gasteiger partial charge >= 0.3 is 0 Å². The summed E-state index contributed by atoms with van der Waals surface area (Å²) in [7, 11) is 0. The summed E-state index contributed by atoms with van der Waals surface area (Å²) in [6.07, 6.45) is 0.0652. The Kier molecular flexibility index (Phi) is 2.42. The van der Waals surface area contributed by atoms with Crippen molar-refractivity contribution in [2.45, 2.75) is 12.7 Å². The zero-order chi connectivity index (χ0) is 12.7. The molecule has 2 aromatic rings. The van der Waals surface area contributed by atoms with E-state index in [1.165, 1.54) is 21.9 Å². The number of rotatable bonds is 1. The fourth-order valence-corrected chi connectivity index (χ4v) is 2.83. The van der Waals surface area contributed by atoms with Crippen molar-refractivity contribution >= 4 is 16.8 Å². The second-order valence-electron chi connectivity index (χ2n) is 4.86. The van der Waals surface area contributed by atoms with Gasteiger partial charge in [0, 0.05) is 6.54 Å². The summed E-state index contributed by atoms with van der Waals surface area (Å²) in [5.74, 6) is 0. The molecule has 2 N–H and O–H groups in total. The highest BCUT2D eigenvalue weighted by atomic mass is 16.5. The van der Waals surface area contributed by atoms with Crippen LogP contribution in [0.5, 0.6) is 0 Å². The maximum atomic E-state index is 5.44. The Morgan fingerprint density at radius 3 is 2.95 bits per heavy atom. The van der Waals surface area contributed by atoms with E-state index in [2.05, 4.69) is 52.0 Å². The average Bonchev–Trinajstić information content (AvgIpc) is 2.95. The normalized spacial score (nSPS) is 21.1. The summed E-state index contributed by atoms with van der Waals surface area (Å²) in [5, 5.41) is 9.46. The van der Waals surface area contributed by atoms with Crippen molar-refractivity contribution in [3.63, 3.8) is 0 Å². The number of amidine groups is 1. The Bertz CT molecular complexity index is 660. The van der Waals surface area contributed by atoms with E-state index in [0.29, 0.717) is 12.6 Å². The molecule has 0 saturated heterocycles. The average molecular weight is 253 g/mol. The van der Waals surface area contributed by atoms with Crippen LogP contribution >= 0.6 is 0 Å². The van der Waals surface area contributed by atoms with Crippen molar-refractivity contribution in [1.29, 1.82) is 0 Å². The third kappa shape index (κ3) is 1.76. The van der Waals surface area contributed by atoms with Crippen LogP contribution in [0.3, 0.4) is 0 Å². The van der Waals surface area contributed by atoms with E-state index in [-0.39, 0.29) is 6.17 Å². The van der Waals surface area contributed by atoms with Gasteiger partial charge in [-0.2, -0.15) is 0 Å². The van der Waals surface area contributed by atoms with Crippen LogP contribution in [0.4, 0.5) is 0 Å². The Balaban J connectivity index is 1.78. The van der Waals surface area contributed by atoms with Gasteiger partial charge in [0.15, 0.2) is 0 Å². The van der Waals surface area contributed by atoms with Gasteiger partial charge in [0.05, 0.1) is 6.54 Å². The maximum absolute atomic E-state index is 5.44. The lowest BCUT2D eigenvalue weighted by atomic mass is 9.94. The van der Waals surface area contributed by atoms with E-state index in [1.54, 1.807) is 0 Å². The molecule has 0 spiro atoms. The van der Waals surface area contributed by atoms with Gasteiger partial charge in [0.25, 0.3) is 6.02 Å². The van der Waals surface area contributed by atoms with E-state index in [4.69, 9.17) is 4.74 Å². The molecule has 2 aliphatic heterocycles. The van der Waals surface area contributed by atoms with Crippen LogP contribution in [0, 0.1) is 0 Å². The summed E-state index contributed by atoms with van der Waals surface area (Å²) in [6, 6.07) is 13.5. The highest BCUT2D eigenvalue weighted by molar-refractivity contribution is 5.90. The molecule has 0 radical (unpaired) electrons. The minimum absolute atomic E-state index is 0.0652. The smallest absolute Gasteiger partial charge is 0.286 e. The molecule has 0 amide bonds. The van der Waals surface area contributed by atoms with Crippen LogP contribution in [0.1, 0.15) is 17.3 Å². The van der Waals surface area contributed by atoms with Crippen molar-refractivity contribution in [2.75, 3.05) is 13.2 Å². The minimum atomic E-state index is 0.0652. The monoisotopic (exact) mass is 253 g/mol. The molecule has 2 heterocycles. The van der Waals surface area contributed by atoms with E-state index in [1.807, 2.05) is 0 Å². The molecule has 0 fully saturated rings. The molecule has 0 saturated carbocycles. The summed E-state index contributed by atoms with van der Waals surface area (Å²) in [4.78, 5) is 4.29. The SMILES string of the molecule is c1cc2c3c(cccc3c1)C(NC1=NCCO1)NC2. The molecule has 0 aliphatic carbocycles. The number of hydrogen-bond donors (Lipinski definition) is 2. The molecule has 4 nitrogen and oxygen atoms in total. The van der Waals surface area contributed by atoms with Crippen LogP contribution < -0.4 is 10.6 Å². The third-order valence-corrected chi connectivity index (χ3v) is 3.68. The molecular formula is C15H15N3O. The minimum Gasteiger partial charge on any atom is -0.463 e. The first-order valence-corrected chi connectivity index (χ1v) is 6.59. The van der Waals surface area contributed by atoms with Gasteiger partial charge in [-0.3, -0.25) is 5.32 Å². The first kappa shape index (κ1) is 10.8. The van der Waals surface area contributed by atoms with Crippen molar-refractivity contribution < 1.29 is 4.74 Å². The van der Waals surface area contributed by atoms with Crippen molar-refractivity contribution in [3.05, 3.63) is 47.5 Å². The van der Waals surface area contributed by atoms with Crippen LogP contribution in [-0.4, -0.2) is 19.2 Å². The first-order chi connectivity index (χ1) is 9.42. The van der Waals surface area contributed by atoms with Crippen molar-refractivity contribution in [1.82, 2.24) is 10.6 Å². The van der Waals surface area contributed by atoms with Gasteiger partial charge in [0.1, 0.15) is 12.8 Å². The first-order valence-electron chi connectivity index (χ1n) is 6.59.